The van der Waals surface area contributed by atoms with E-state index in [9.17, 15) is 4.79 Å². The van der Waals surface area contributed by atoms with Crippen LogP contribution in [0.4, 0.5) is 0 Å². The Kier molecular flexibility index (Phi) is 7.70. The largest absolute Gasteiger partial charge is 0.349 e. The molecule has 0 aliphatic heterocycles. The lowest BCUT2D eigenvalue weighted by atomic mass is 10.2. The summed E-state index contributed by atoms with van der Waals surface area (Å²) in [6.07, 6.45) is 0.593. The van der Waals surface area contributed by atoms with Crippen molar-refractivity contribution < 1.29 is 4.79 Å². The Morgan fingerprint density at radius 2 is 1.90 bits per heavy atom. The molecule has 1 N–H and O–H groups in total. The van der Waals surface area contributed by atoms with Crippen LogP contribution in [0.3, 0.4) is 0 Å². The van der Waals surface area contributed by atoms with Crippen molar-refractivity contribution in [2.45, 2.75) is 31.7 Å². The van der Waals surface area contributed by atoms with Gasteiger partial charge < -0.3 is 10.2 Å². The molecule has 20 heavy (non-hydrogen) atoms. The van der Waals surface area contributed by atoms with Crippen LogP contribution >= 0.6 is 11.8 Å². The summed E-state index contributed by atoms with van der Waals surface area (Å²) >= 11 is 1.74. The first-order valence-corrected chi connectivity index (χ1v) is 8.10. The van der Waals surface area contributed by atoms with Crippen LogP contribution in [0.15, 0.2) is 29.2 Å². The number of rotatable bonds is 8. The molecule has 0 heterocycles. The van der Waals surface area contributed by atoms with E-state index in [1.165, 1.54) is 10.5 Å². The van der Waals surface area contributed by atoms with Crippen molar-refractivity contribution in [2.24, 2.45) is 5.92 Å². The average molecular weight is 294 g/mol. The highest BCUT2D eigenvalue weighted by Crippen LogP contribution is 2.19. The van der Waals surface area contributed by atoms with E-state index in [2.05, 4.69) is 43.4 Å². The van der Waals surface area contributed by atoms with Gasteiger partial charge in [-0.3, -0.25) is 4.79 Å². The molecule has 112 valence electrons. The second kappa shape index (κ2) is 9.03. The van der Waals surface area contributed by atoms with Gasteiger partial charge in [-0.2, -0.15) is 0 Å². The summed E-state index contributed by atoms with van der Waals surface area (Å²) in [4.78, 5) is 14.3. The predicted octanol–water partition coefficient (Wildman–Crippen LogP) is 3.00. The van der Waals surface area contributed by atoms with Crippen LogP contribution in [0.1, 0.15) is 25.8 Å². The molecule has 3 nitrogen and oxygen atoms in total. The average Bonchev–Trinajstić information content (AvgIpc) is 2.40. The quantitative estimate of drug-likeness (QED) is 0.748. The van der Waals surface area contributed by atoms with Crippen molar-refractivity contribution in [3.05, 3.63) is 29.8 Å². The third-order valence-corrected chi connectivity index (χ3v) is 3.90. The lowest BCUT2D eigenvalue weighted by molar-refractivity contribution is -0.128. The Morgan fingerprint density at radius 3 is 2.45 bits per heavy atom. The lowest BCUT2D eigenvalue weighted by Gasteiger charge is -2.10. The fourth-order valence-electron chi connectivity index (χ4n) is 1.69. The van der Waals surface area contributed by atoms with Crippen LogP contribution in [0.5, 0.6) is 0 Å². The summed E-state index contributed by atoms with van der Waals surface area (Å²) in [7, 11) is 3.60. The summed E-state index contributed by atoms with van der Waals surface area (Å²) in [5, 5.41) is 3.43. The predicted molar refractivity (Wildman–Crippen MR) is 87.0 cm³/mol. The topological polar surface area (TPSA) is 32.3 Å². The molecule has 1 rings (SSSR count). The Hall–Kier alpha value is -1.00. The fraction of sp³-hybridized carbons (Fsp3) is 0.562. The Bertz CT molecular complexity index is 401. The highest BCUT2D eigenvalue weighted by atomic mass is 32.2. The Labute approximate surface area is 127 Å². The first kappa shape index (κ1) is 17.1. The number of thioether (sulfide) groups is 1. The van der Waals surface area contributed by atoms with Crippen molar-refractivity contribution in [1.29, 1.82) is 0 Å². The molecule has 1 aromatic rings. The van der Waals surface area contributed by atoms with Crippen LogP contribution in [0.25, 0.3) is 0 Å². The zero-order chi connectivity index (χ0) is 15.0. The second-order valence-corrected chi connectivity index (χ2v) is 6.72. The van der Waals surface area contributed by atoms with Crippen LogP contribution in [0.2, 0.25) is 0 Å². The van der Waals surface area contributed by atoms with E-state index in [1.807, 2.05) is 0 Å². The van der Waals surface area contributed by atoms with E-state index in [0.717, 1.165) is 18.8 Å². The SMILES string of the molecule is CC(C)CNCc1ccc(SCCC(=O)N(C)C)cc1. The maximum atomic E-state index is 11.5. The van der Waals surface area contributed by atoms with Gasteiger partial charge in [0.25, 0.3) is 0 Å². The van der Waals surface area contributed by atoms with Gasteiger partial charge in [0.05, 0.1) is 0 Å². The monoisotopic (exact) mass is 294 g/mol. The van der Waals surface area contributed by atoms with Gasteiger partial charge in [0.2, 0.25) is 5.91 Å². The van der Waals surface area contributed by atoms with Crippen molar-refractivity contribution >= 4 is 17.7 Å². The Morgan fingerprint density at radius 1 is 1.25 bits per heavy atom. The van der Waals surface area contributed by atoms with E-state index in [4.69, 9.17) is 0 Å². The number of nitrogens with one attached hydrogen (secondary N) is 1. The van der Waals surface area contributed by atoms with Gasteiger partial charge in [0, 0.05) is 37.7 Å². The summed E-state index contributed by atoms with van der Waals surface area (Å²) in [5.41, 5.74) is 1.30. The minimum absolute atomic E-state index is 0.187. The molecular weight excluding hydrogens is 268 g/mol. The van der Waals surface area contributed by atoms with Gasteiger partial charge in [-0.25, -0.2) is 0 Å². The molecule has 0 bridgehead atoms. The number of carbonyl (C=O) groups is 1. The summed E-state index contributed by atoms with van der Waals surface area (Å²) in [5.74, 6) is 1.70. The highest BCUT2D eigenvalue weighted by Gasteiger charge is 2.04. The number of hydrogen-bond donors (Lipinski definition) is 1. The molecule has 0 saturated carbocycles. The number of hydrogen-bond acceptors (Lipinski definition) is 3. The number of benzene rings is 1. The van der Waals surface area contributed by atoms with Crippen molar-refractivity contribution in [3.63, 3.8) is 0 Å². The first-order valence-electron chi connectivity index (χ1n) is 7.11. The normalized spacial score (nSPS) is 10.8. The van der Waals surface area contributed by atoms with Gasteiger partial charge in [-0.15, -0.1) is 11.8 Å². The fourth-order valence-corrected chi connectivity index (χ4v) is 2.53. The molecule has 0 unspecified atom stereocenters. The van der Waals surface area contributed by atoms with Crippen LogP contribution in [0, 0.1) is 5.92 Å². The van der Waals surface area contributed by atoms with Gasteiger partial charge in [0.1, 0.15) is 0 Å². The van der Waals surface area contributed by atoms with Crippen LogP contribution in [-0.4, -0.2) is 37.2 Å². The molecule has 0 aliphatic rings. The molecule has 0 atom stereocenters. The van der Waals surface area contributed by atoms with Crippen LogP contribution in [-0.2, 0) is 11.3 Å². The third-order valence-electron chi connectivity index (χ3n) is 2.89. The molecule has 0 aromatic heterocycles. The first-order chi connectivity index (χ1) is 9.49. The highest BCUT2D eigenvalue weighted by molar-refractivity contribution is 7.99. The number of carbonyl (C=O) groups excluding carboxylic acids is 1. The van der Waals surface area contributed by atoms with Gasteiger partial charge >= 0.3 is 0 Å². The second-order valence-electron chi connectivity index (χ2n) is 5.56. The van der Waals surface area contributed by atoms with E-state index >= 15 is 0 Å². The van der Waals surface area contributed by atoms with E-state index < -0.39 is 0 Å². The Balaban J connectivity index is 2.30. The summed E-state index contributed by atoms with van der Waals surface area (Å²) < 4.78 is 0. The number of nitrogens with zero attached hydrogens (tertiary/aromatic N) is 1. The van der Waals surface area contributed by atoms with Gasteiger partial charge in [-0.05, 0) is 30.2 Å². The van der Waals surface area contributed by atoms with Gasteiger partial charge in [0.15, 0.2) is 0 Å². The van der Waals surface area contributed by atoms with Crippen molar-refractivity contribution in [3.8, 4) is 0 Å². The molecule has 1 aromatic carbocycles. The maximum absolute atomic E-state index is 11.5. The van der Waals surface area contributed by atoms with Crippen molar-refractivity contribution in [1.82, 2.24) is 10.2 Å². The summed E-state index contributed by atoms with van der Waals surface area (Å²) in [6.45, 7) is 6.38. The third kappa shape index (κ3) is 6.96. The molecule has 0 fully saturated rings. The molecule has 1 amide bonds. The molecule has 0 saturated heterocycles. The zero-order valence-electron chi connectivity index (χ0n) is 13.0. The molecule has 0 aliphatic carbocycles. The van der Waals surface area contributed by atoms with Gasteiger partial charge in [-0.1, -0.05) is 26.0 Å². The molecular formula is C16H26N2OS. The standard InChI is InChI=1S/C16H26N2OS/c1-13(2)11-17-12-14-5-7-15(8-6-14)20-10-9-16(19)18(3)4/h5-8,13,17H,9-12H2,1-4H3. The van der Waals surface area contributed by atoms with E-state index in [0.29, 0.717) is 12.3 Å². The lowest BCUT2D eigenvalue weighted by Crippen LogP contribution is -2.21. The van der Waals surface area contributed by atoms with Crippen LogP contribution < -0.4 is 5.32 Å². The molecule has 0 spiro atoms. The number of amides is 1. The maximum Gasteiger partial charge on any atom is 0.222 e. The smallest absolute Gasteiger partial charge is 0.222 e. The van der Waals surface area contributed by atoms with Crippen molar-refractivity contribution in [2.75, 3.05) is 26.4 Å². The zero-order valence-corrected chi connectivity index (χ0v) is 13.8. The molecule has 0 radical (unpaired) electrons. The molecule has 4 heteroatoms. The van der Waals surface area contributed by atoms with E-state index in [-0.39, 0.29) is 5.91 Å². The minimum Gasteiger partial charge on any atom is -0.349 e. The summed E-state index contributed by atoms with van der Waals surface area (Å²) in [6, 6.07) is 8.58. The minimum atomic E-state index is 0.187. The van der Waals surface area contributed by atoms with E-state index in [1.54, 1.807) is 30.8 Å².